The van der Waals surface area contributed by atoms with E-state index in [-0.39, 0.29) is 23.8 Å². The predicted molar refractivity (Wildman–Crippen MR) is 154 cm³/mol. The van der Waals surface area contributed by atoms with Crippen LogP contribution in [-0.4, -0.2) is 78.2 Å². The Labute approximate surface area is 234 Å². The van der Waals surface area contributed by atoms with Crippen LogP contribution in [0.4, 0.5) is 5.69 Å². The molecule has 0 unspecified atom stereocenters. The van der Waals surface area contributed by atoms with Gasteiger partial charge in [-0.1, -0.05) is 32.4 Å². The smallest absolute Gasteiger partial charge is 0.399 e. The monoisotopic (exact) mass is 535 g/mol. The summed E-state index contributed by atoms with van der Waals surface area (Å²) < 4.78 is 12.8. The molecule has 0 aromatic heterocycles. The molecule has 1 aromatic carbocycles. The second-order valence-electron chi connectivity index (χ2n) is 14.0. The third kappa shape index (κ3) is 4.36. The van der Waals surface area contributed by atoms with Crippen LogP contribution in [-0.2, 0) is 24.3 Å². The number of carbonyl (C=O) groups is 2. The highest BCUT2D eigenvalue weighted by atomic mass is 16.7. The van der Waals surface area contributed by atoms with Gasteiger partial charge in [0.15, 0.2) is 0 Å². The Morgan fingerprint density at radius 1 is 0.923 bits per heavy atom. The predicted octanol–water partition coefficient (Wildman–Crippen LogP) is 3.87. The van der Waals surface area contributed by atoms with Gasteiger partial charge in [-0.2, -0.15) is 0 Å². The van der Waals surface area contributed by atoms with Gasteiger partial charge in [0.1, 0.15) is 0 Å². The van der Waals surface area contributed by atoms with Crippen LogP contribution in [0.15, 0.2) is 18.2 Å². The van der Waals surface area contributed by atoms with E-state index in [9.17, 15) is 9.59 Å². The number of nitrogens with zero attached hydrogens (tertiary/aromatic N) is 3. The summed E-state index contributed by atoms with van der Waals surface area (Å²) in [7, 11) is -0.457. The van der Waals surface area contributed by atoms with Crippen LogP contribution >= 0.6 is 0 Å². The van der Waals surface area contributed by atoms with E-state index in [1.807, 2.05) is 18.7 Å². The van der Waals surface area contributed by atoms with Gasteiger partial charge in [-0.3, -0.25) is 9.59 Å². The highest BCUT2D eigenvalue weighted by molar-refractivity contribution is 6.62. The van der Waals surface area contributed by atoms with Crippen LogP contribution in [0.5, 0.6) is 0 Å². The van der Waals surface area contributed by atoms with Crippen LogP contribution in [0.1, 0.15) is 92.1 Å². The molecule has 212 valence electrons. The maximum Gasteiger partial charge on any atom is 0.494 e. The van der Waals surface area contributed by atoms with Crippen LogP contribution in [0, 0.1) is 5.92 Å². The number of amides is 2. The number of hydrogen-bond donors (Lipinski definition) is 0. The zero-order chi connectivity index (χ0) is 27.7. The minimum atomic E-state index is -0.548. The van der Waals surface area contributed by atoms with E-state index in [0.717, 1.165) is 29.6 Å². The van der Waals surface area contributed by atoms with Crippen LogP contribution < -0.4 is 10.4 Å². The molecule has 0 N–H and O–H groups in total. The number of carbonyl (C=O) groups excluding carboxylic acids is 2. The van der Waals surface area contributed by atoms with Crippen LogP contribution in [0.25, 0.3) is 0 Å². The normalized spacial score (nSPS) is 29.7. The molecule has 2 amide bonds. The molecule has 1 aliphatic carbocycles. The van der Waals surface area contributed by atoms with Crippen LogP contribution in [0.2, 0.25) is 0 Å². The molecule has 0 bridgehead atoms. The van der Waals surface area contributed by atoms with Crippen molar-refractivity contribution in [3.05, 3.63) is 23.8 Å². The second-order valence-corrected chi connectivity index (χ2v) is 14.0. The lowest BCUT2D eigenvalue weighted by molar-refractivity contribution is -0.138. The molecule has 4 fully saturated rings. The first-order valence-electron chi connectivity index (χ1n) is 15.3. The molecular weight excluding hydrogens is 489 g/mol. The number of fused-ring (bicyclic) bond motifs is 2. The van der Waals surface area contributed by atoms with Gasteiger partial charge in [0, 0.05) is 36.8 Å². The SMILES string of the molecule is CC(C)C(=O)N1CCC2(CC1)C(=O)N([C@H]1C[C@@H](N3CCCCC3)C1)c1cc(B3OC(C)(C)C(C)(C)O3)ccc12. The molecule has 1 spiro atoms. The number of benzene rings is 1. The average molecular weight is 536 g/mol. The average Bonchev–Trinajstić information content (AvgIpc) is 3.24. The summed E-state index contributed by atoms with van der Waals surface area (Å²) in [6.07, 6.45) is 7.38. The van der Waals surface area contributed by atoms with Crippen molar-refractivity contribution in [2.45, 2.75) is 115 Å². The molecule has 6 rings (SSSR count). The van der Waals surface area contributed by atoms with Gasteiger partial charge in [0.2, 0.25) is 11.8 Å². The van der Waals surface area contributed by atoms with Crippen molar-refractivity contribution in [1.82, 2.24) is 9.80 Å². The van der Waals surface area contributed by atoms with E-state index < -0.39 is 23.7 Å². The van der Waals surface area contributed by atoms with Gasteiger partial charge in [-0.05, 0) is 96.4 Å². The molecule has 1 aromatic rings. The molecular formula is C31H46BN3O4. The third-order valence-corrected chi connectivity index (χ3v) is 10.7. The van der Waals surface area contributed by atoms with E-state index in [2.05, 4.69) is 55.7 Å². The summed E-state index contributed by atoms with van der Waals surface area (Å²) in [5.74, 6) is 0.403. The third-order valence-electron chi connectivity index (χ3n) is 10.7. The van der Waals surface area contributed by atoms with Crippen molar-refractivity contribution in [2.24, 2.45) is 5.92 Å². The minimum absolute atomic E-state index is 0.0220. The molecule has 1 saturated carbocycles. The second kappa shape index (κ2) is 9.59. The maximum absolute atomic E-state index is 14.5. The van der Waals surface area contributed by atoms with Gasteiger partial charge in [-0.25, -0.2) is 0 Å². The fourth-order valence-electron chi connectivity index (χ4n) is 7.40. The minimum Gasteiger partial charge on any atom is -0.399 e. The van der Waals surface area contributed by atoms with Crippen LogP contribution in [0.3, 0.4) is 0 Å². The quantitative estimate of drug-likeness (QED) is 0.548. The van der Waals surface area contributed by atoms with E-state index in [1.54, 1.807) is 0 Å². The van der Waals surface area contributed by atoms with Crippen molar-refractivity contribution in [3.8, 4) is 0 Å². The van der Waals surface area contributed by atoms with E-state index in [1.165, 1.54) is 32.4 Å². The molecule has 4 aliphatic heterocycles. The molecule has 4 heterocycles. The van der Waals surface area contributed by atoms with Gasteiger partial charge < -0.3 is 24.0 Å². The lowest BCUT2D eigenvalue weighted by Gasteiger charge is -2.48. The first-order chi connectivity index (χ1) is 18.4. The van der Waals surface area contributed by atoms with Crippen molar-refractivity contribution in [2.75, 3.05) is 31.1 Å². The first-order valence-corrected chi connectivity index (χ1v) is 15.3. The van der Waals surface area contributed by atoms with Crippen molar-refractivity contribution in [3.63, 3.8) is 0 Å². The Kier molecular flexibility index (Phi) is 6.71. The van der Waals surface area contributed by atoms with Gasteiger partial charge in [0.25, 0.3) is 0 Å². The molecule has 0 radical (unpaired) electrons. The fraction of sp³-hybridized carbons (Fsp3) is 0.742. The number of likely N-dealkylation sites (tertiary alicyclic amines) is 2. The summed E-state index contributed by atoms with van der Waals surface area (Å²) in [4.78, 5) is 33.9. The topological polar surface area (TPSA) is 62.3 Å². The fourth-order valence-corrected chi connectivity index (χ4v) is 7.40. The van der Waals surface area contributed by atoms with E-state index in [4.69, 9.17) is 9.31 Å². The zero-order valence-corrected chi connectivity index (χ0v) is 24.8. The van der Waals surface area contributed by atoms with Crippen molar-refractivity contribution < 1.29 is 18.9 Å². The molecule has 3 saturated heterocycles. The lowest BCUT2D eigenvalue weighted by atomic mass is 9.71. The molecule has 39 heavy (non-hydrogen) atoms. The largest absolute Gasteiger partial charge is 0.494 e. The van der Waals surface area contributed by atoms with Gasteiger partial charge >= 0.3 is 7.12 Å². The summed E-state index contributed by atoms with van der Waals surface area (Å²) in [6, 6.07) is 7.24. The first kappa shape index (κ1) is 27.3. The molecule has 0 atom stereocenters. The van der Waals surface area contributed by atoms with Crippen molar-refractivity contribution in [1.29, 1.82) is 0 Å². The highest BCUT2D eigenvalue weighted by Crippen LogP contribution is 2.51. The van der Waals surface area contributed by atoms with Crippen molar-refractivity contribution >= 4 is 30.1 Å². The molecule has 7 nitrogen and oxygen atoms in total. The maximum atomic E-state index is 14.5. The summed E-state index contributed by atoms with van der Waals surface area (Å²) in [5, 5.41) is 0. The van der Waals surface area contributed by atoms with Gasteiger partial charge in [0.05, 0.1) is 16.6 Å². The number of anilines is 1. The Balaban J connectivity index is 1.30. The van der Waals surface area contributed by atoms with E-state index in [0.29, 0.717) is 32.0 Å². The lowest BCUT2D eigenvalue weighted by Crippen LogP contribution is -2.58. The Bertz CT molecular complexity index is 1110. The molecule has 5 aliphatic rings. The zero-order valence-electron chi connectivity index (χ0n) is 24.8. The Morgan fingerprint density at radius 3 is 2.13 bits per heavy atom. The van der Waals surface area contributed by atoms with E-state index >= 15 is 0 Å². The summed E-state index contributed by atoms with van der Waals surface area (Å²) >= 11 is 0. The Hall–Kier alpha value is -1.90. The number of hydrogen-bond acceptors (Lipinski definition) is 5. The highest BCUT2D eigenvalue weighted by Gasteiger charge is 2.57. The summed E-state index contributed by atoms with van der Waals surface area (Å²) in [5.41, 5.74) is 1.76. The number of rotatable bonds is 4. The summed E-state index contributed by atoms with van der Waals surface area (Å²) in [6.45, 7) is 15.9. The standard InChI is InChI=1S/C31H46BN3O4/c1-21(2)27(36)34-16-12-31(13-17-34)25-11-10-22(32-38-29(3,4)30(5,6)39-32)18-26(25)35(28(31)37)24-19-23(20-24)33-14-8-7-9-15-33/h10-11,18,21,23-24H,7-9,12-17,19-20H2,1-6H3/t23-,24+. The Morgan fingerprint density at radius 2 is 1.54 bits per heavy atom. The molecule has 8 heteroatoms. The number of piperidine rings is 2. The van der Waals surface area contributed by atoms with Gasteiger partial charge in [-0.15, -0.1) is 0 Å².